The number of carbonyl (C=O) groups is 1. The number of nitrogens with one attached hydrogen (secondary N) is 2. The second kappa shape index (κ2) is 5.19. The number of hydrogen-bond donors (Lipinski definition) is 3. The molecule has 0 aliphatic carbocycles. The number of aromatic amines is 1. The molecule has 1 heterocycles. The monoisotopic (exact) mass is 261 g/mol. The van der Waals surface area contributed by atoms with Gasteiger partial charge in [-0.1, -0.05) is 12.1 Å². The molecule has 2 aromatic rings. The highest BCUT2D eigenvalue weighted by atomic mass is 16.4. The van der Waals surface area contributed by atoms with E-state index in [2.05, 4.69) is 15.3 Å². The molecule has 0 fully saturated rings. The van der Waals surface area contributed by atoms with Gasteiger partial charge in [-0.2, -0.15) is 0 Å². The van der Waals surface area contributed by atoms with Gasteiger partial charge in [-0.3, -0.25) is 14.9 Å². The largest absolute Gasteiger partial charge is 0.480 e. The van der Waals surface area contributed by atoms with E-state index in [1.54, 1.807) is 12.1 Å². The average molecular weight is 261 g/mol. The van der Waals surface area contributed by atoms with Crippen LogP contribution >= 0.6 is 0 Å². The first-order valence-electron chi connectivity index (χ1n) is 5.93. The molecule has 6 heteroatoms. The van der Waals surface area contributed by atoms with E-state index >= 15 is 0 Å². The van der Waals surface area contributed by atoms with Gasteiger partial charge in [-0.05, 0) is 25.5 Å². The summed E-state index contributed by atoms with van der Waals surface area (Å²) in [5.74, 6) is -0.515. The zero-order valence-electron chi connectivity index (χ0n) is 10.7. The van der Waals surface area contributed by atoms with Crippen molar-refractivity contribution in [3.05, 3.63) is 39.9 Å². The molecule has 6 nitrogen and oxygen atoms in total. The predicted molar refractivity (Wildman–Crippen MR) is 71.0 cm³/mol. The molecule has 3 N–H and O–H groups in total. The number of benzene rings is 1. The summed E-state index contributed by atoms with van der Waals surface area (Å²) in [6.45, 7) is 3.62. The molecule has 0 amide bonds. The first-order valence-corrected chi connectivity index (χ1v) is 5.93. The molecule has 0 unspecified atom stereocenters. The molecule has 1 aromatic heterocycles. The molecule has 1 aromatic carbocycles. The van der Waals surface area contributed by atoms with Crippen molar-refractivity contribution in [2.45, 2.75) is 26.4 Å². The van der Waals surface area contributed by atoms with E-state index in [1.165, 1.54) is 6.92 Å². The van der Waals surface area contributed by atoms with Crippen LogP contribution in [-0.2, 0) is 11.3 Å². The quantitative estimate of drug-likeness (QED) is 0.756. The topological polar surface area (TPSA) is 95.1 Å². The van der Waals surface area contributed by atoms with Gasteiger partial charge in [0.15, 0.2) is 0 Å². The number of carboxylic acids is 1. The third-order valence-electron chi connectivity index (χ3n) is 2.93. The van der Waals surface area contributed by atoms with E-state index in [-0.39, 0.29) is 12.1 Å². The molecule has 0 saturated carbocycles. The fraction of sp³-hybridized carbons (Fsp3) is 0.308. The number of fused-ring (bicyclic) bond motifs is 1. The van der Waals surface area contributed by atoms with Crippen molar-refractivity contribution in [1.29, 1.82) is 0 Å². The van der Waals surface area contributed by atoms with Crippen LogP contribution in [-0.4, -0.2) is 27.1 Å². The summed E-state index contributed by atoms with van der Waals surface area (Å²) in [6, 6.07) is 4.70. The summed E-state index contributed by atoms with van der Waals surface area (Å²) in [4.78, 5) is 29.6. The van der Waals surface area contributed by atoms with Crippen LogP contribution in [0.5, 0.6) is 0 Å². The lowest BCUT2D eigenvalue weighted by Gasteiger charge is -2.09. The minimum Gasteiger partial charge on any atom is -0.480 e. The Morgan fingerprint density at radius 1 is 1.53 bits per heavy atom. The Morgan fingerprint density at radius 3 is 2.95 bits per heavy atom. The Kier molecular flexibility index (Phi) is 3.62. The van der Waals surface area contributed by atoms with Gasteiger partial charge in [0.2, 0.25) is 0 Å². The van der Waals surface area contributed by atoms with Gasteiger partial charge < -0.3 is 10.1 Å². The number of nitrogens with zero attached hydrogens (tertiary/aromatic N) is 1. The summed E-state index contributed by atoms with van der Waals surface area (Å²) >= 11 is 0. The Balaban J connectivity index is 2.33. The van der Waals surface area contributed by atoms with Gasteiger partial charge >= 0.3 is 5.97 Å². The van der Waals surface area contributed by atoms with E-state index in [9.17, 15) is 9.59 Å². The van der Waals surface area contributed by atoms with Crippen molar-refractivity contribution in [2.24, 2.45) is 0 Å². The molecule has 0 radical (unpaired) electrons. The van der Waals surface area contributed by atoms with Gasteiger partial charge in [-0.15, -0.1) is 0 Å². The standard InChI is InChI=1S/C13H15N3O3/c1-7-4-3-5-9-11(7)15-10(16-12(9)17)6-14-8(2)13(18)19/h3-5,8,14H,6H2,1-2H3,(H,18,19)(H,15,16,17)/t8-/m1/s1. The first-order chi connectivity index (χ1) is 8.99. The van der Waals surface area contributed by atoms with Crippen molar-refractivity contribution in [3.63, 3.8) is 0 Å². The highest BCUT2D eigenvalue weighted by Gasteiger charge is 2.11. The lowest BCUT2D eigenvalue weighted by Crippen LogP contribution is -2.34. The molecule has 1 atom stereocenters. The first kappa shape index (κ1) is 13.2. The van der Waals surface area contributed by atoms with Crippen LogP contribution in [0.25, 0.3) is 10.9 Å². The second-order valence-electron chi connectivity index (χ2n) is 4.42. The summed E-state index contributed by atoms with van der Waals surface area (Å²) in [5.41, 5.74) is 1.34. The number of carboxylic acid groups (broad SMARTS) is 1. The highest BCUT2D eigenvalue weighted by Crippen LogP contribution is 2.11. The number of rotatable bonds is 4. The Morgan fingerprint density at radius 2 is 2.26 bits per heavy atom. The SMILES string of the molecule is Cc1cccc2c(=O)[nH]c(CN[C@H](C)C(=O)O)nc12. The number of hydrogen-bond acceptors (Lipinski definition) is 4. The van der Waals surface area contributed by atoms with Crippen molar-refractivity contribution in [1.82, 2.24) is 15.3 Å². The smallest absolute Gasteiger partial charge is 0.320 e. The van der Waals surface area contributed by atoms with E-state index in [4.69, 9.17) is 5.11 Å². The third kappa shape index (κ3) is 2.79. The molecule has 2 rings (SSSR count). The van der Waals surface area contributed by atoms with E-state index < -0.39 is 12.0 Å². The summed E-state index contributed by atoms with van der Waals surface area (Å²) in [6.07, 6.45) is 0. The van der Waals surface area contributed by atoms with Crippen LogP contribution in [0.4, 0.5) is 0 Å². The minimum absolute atomic E-state index is 0.201. The van der Waals surface area contributed by atoms with Crippen molar-refractivity contribution < 1.29 is 9.90 Å². The number of H-pyrrole nitrogens is 1. The van der Waals surface area contributed by atoms with Crippen molar-refractivity contribution in [3.8, 4) is 0 Å². The predicted octanol–water partition coefficient (Wildman–Crippen LogP) is 0.794. The Hall–Kier alpha value is -2.21. The molecule has 0 aliphatic rings. The fourth-order valence-corrected chi connectivity index (χ4v) is 1.77. The van der Waals surface area contributed by atoms with E-state index in [1.807, 2.05) is 13.0 Å². The molecule has 0 spiro atoms. The molecule has 0 aliphatic heterocycles. The normalized spacial score (nSPS) is 12.5. The van der Waals surface area contributed by atoms with Gasteiger partial charge in [-0.25, -0.2) is 4.98 Å². The zero-order chi connectivity index (χ0) is 14.0. The van der Waals surface area contributed by atoms with E-state index in [0.717, 1.165) is 5.56 Å². The van der Waals surface area contributed by atoms with Gasteiger partial charge in [0.25, 0.3) is 5.56 Å². The van der Waals surface area contributed by atoms with Crippen LogP contribution in [0.15, 0.2) is 23.0 Å². The highest BCUT2D eigenvalue weighted by molar-refractivity contribution is 5.80. The van der Waals surface area contributed by atoms with Gasteiger partial charge in [0, 0.05) is 0 Å². The lowest BCUT2D eigenvalue weighted by atomic mass is 10.1. The molecule has 100 valence electrons. The van der Waals surface area contributed by atoms with Gasteiger partial charge in [0.05, 0.1) is 17.4 Å². The Labute approximate surface area is 109 Å². The summed E-state index contributed by atoms with van der Waals surface area (Å²) in [5, 5.41) is 12.1. The molecule has 19 heavy (non-hydrogen) atoms. The van der Waals surface area contributed by atoms with Crippen LogP contribution < -0.4 is 10.9 Å². The van der Waals surface area contributed by atoms with Crippen LogP contribution in [0, 0.1) is 6.92 Å². The third-order valence-corrected chi connectivity index (χ3v) is 2.93. The Bertz CT molecular complexity index is 678. The van der Waals surface area contributed by atoms with Gasteiger partial charge in [0.1, 0.15) is 11.9 Å². The number of aryl methyl sites for hydroxylation is 1. The average Bonchev–Trinajstić information content (AvgIpc) is 2.37. The fourth-order valence-electron chi connectivity index (χ4n) is 1.77. The van der Waals surface area contributed by atoms with Crippen LogP contribution in [0.1, 0.15) is 18.3 Å². The lowest BCUT2D eigenvalue weighted by molar-refractivity contribution is -0.139. The number of aliphatic carboxylic acids is 1. The molecular weight excluding hydrogens is 246 g/mol. The maximum absolute atomic E-state index is 11.9. The van der Waals surface area contributed by atoms with Crippen LogP contribution in [0.2, 0.25) is 0 Å². The molecular formula is C13H15N3O3. The zero-order valence-corrected chi connectivity index (χ0v) is 10.7. The van der Waals surface area contributed by atoms with Crippen molar-refractivity contribution in [2.75, 3.05) is 0 Å². The van der Waals surface area contributed by atoms with Crippen LogP contribution in [0.3, 0.4) is 0 Å². The number of aromatic nitrogens is 2. The summed E-state index contributed by atoms with van der Waals surface area (Å²) in [7, 11) is 0. The summed E-state index contributed by atoms with van der Waals surface area (Å²) < 4.78 is 0. The molecule has 0 bridgehead atoms. The maximum Gasteiger partial charge on any atom is 0.320 e. The molecule has 0 saturated heterocycles. The number of para-hydroxylation sites is 1. The minimum atomic E-state index is -0.945. The maximum atomic E-state index is 11.9. The van der Waals surface area contributed by atoms with Crippen molar-refractivity contribution >= 4 is 16.9 Å². The van der Waals surface area contributed by atoms with E-state index in [0.29, 0.717) is 16.7 Å². The second-order valence-corrected chi connectivity index (χ2v) is 4.42.